The number of carbonyl (C=O) groups is 1. The first-order valence-corrected chi connectivity index (χ1v) is 8.12. The quantitative estimate of drug-likeness (QED) is 0.421. The topological polar surface area (TPSA) is 17.1 Å². The number of hydrogen-bond donors (Lipinski definition) is 0. The molecule has 0 aromatic rings. The fraction of sp³-hybridized carbons (Fsp3) is 0.923. The van der Waals surface area contributed by atoms with E-state index in [1.165, 1.54) is 0 Å². The Balaban J connectivity index is 3.16. The first-order chi connectivity index (χ1) is 12.1. The van der Waals surface area contributed by atoms with Gasteiger partial charge in [-0.05, 0) is 6.42 Å². The third-order valence-electron chi connectivity index (χ3n) is 3.91. The van der Waals surface area contributed by atoms with Gasteiger partial charge in [-0.3, -0.25) is 4.79 Å². The molecular weight excluding hydrogens is 451 g/mol. The summed E-state index contributed by atoms with van der Waals surface area (Å²) in [6.45, 7) is 1.01. The molecule has 15 heteroatoms. The molecule has 0 radical (unpaired) electrons. The van der Waals surface area contributed by atoms with Crippen LogP contribution in [-0.2, 0) is 4.79 Å². The Morgan fingerprint density at radius 1 is 0.786 bits per heavy atom. The summed E-state index contributed by atoms with van der Waals surface area (Å²) in [5, 5.41) is -3.83. The number of thioether (sulfide) groups is 1. The zero-order valence-electron chi connectivity index (χ0n) is 13.5. The van der Waals surface area contributed by atoms with Crippen molar-refractivity contribution < 1.29 is 61.9 Å². The highest BCUT2D eigenvalue weighted by molar-refractivity contribution is 8.14. The molecule has 1 fully saturated rings. The van der Waals surface area contributed by atoms with Gasteiger partial charge in [-0.2, -0.15) is 57.1 Å². The summed E-state index contributed by atoms with van der Waals surface area (Å²) >= 11 is -0.432. The van der Waals surface area contributed by atoms with Gasteiger partial charge in [0.15, 0.2) is 5.12 Å². The Bertz CT molecular complexity index is 598. The smallest absolute Gasteiger partial charge is 0.287 e. The molecule has 0 N–H and O–H groups in total. The van der Waals surface area contributed by atoms with Crippen molar-refractivity contribution in [3.63, 3.8) is 0 Å². The van der Waals surface area contributed by atoms with E-state index in [0.29, 0.717) is 0 Å². The summed E-state index contributed by atoms with van der Waals surface area (Å²) in [7, 11) is 0. The molecule has 0 aliphatic carbocycles. The first-order valence-electron chi connectivity index (χ1n) is 7.24. The lowest BCUT2D eigenvalue weighted by Crippen LogP contribution is -2.61. The van der Waals surface area contributed by atoms with Crippen LogP contribution in [0.25, 0.3) is 0 Å². The van der Waals surface area contributed by atoms with E-state index in [1.54, 1.807) is 0 Å². The summed E-state index contributed by atoms with van der Waals surface area (Å²) in [6, 6.07) is 0. The Morgan fingerprint density at radius 3 is 1.57 bits per heavy atom. The normalized spacial score (nSPS) is 23.4. The predicted octanol–water partition coefficient (Wildman–Crippen LogP) is 6.17. The zero-order valence-corrected chi connectivity index (χ0v) is 14.3. The molecule has 1 saturated heterocycles. The van der Waals surface area contributed by atoms with Crippen molar-refractivity contribution in [1.82, 2.24) is 0 Å². The maximum atomic E-state index is 13.9. The SMILES string of the molecule is CC1CC(C(F)(F)C(F)(F)C(F)(F)CC(F)(F)C(F)(F)CC(F)(F)F)SC1=O. The van der Waals surface area contributed by atoms with Crippen LogP contribution in [-0.4, -0.2) is 46.2 Å². The lowest BCUT2D eigenvalue weighted by Gasteiger charge is -2.38. The molecule has 2 unspecified atom stereocenters. The van der Waals surface area contributed by atoms with E-state index in [-0.39, 0.29) is 0 Å². The van der Waals surface area contributed by atoms with E-state index in [2.05, 4.69) is 0 Å². The van der Waals surface area contributed by atoms with Crippen molar-refractivity contribution in [2.24, 2.45) is 5.92 Å². The highest BCUT2D eigenvalue weighted by Gasteiger charge is 2.78. The minimum atomic E-state index is -6.65. The average Bonchev–Trinajstić information content (AvgIpc) is 2.74. The molecule has 0 bridgehead atoms. The Labute approximate surface area is 153 Å². The summed E-state index contributed by atoms with van der Waals surface area (Å²) in [4.78, 5) is 11.2. The molecular formula is C13H11F13OS. The Kier molecular flexibility index (Phi) is 6.39. The fourth-order valence-electron chi connectivity index (χ4n) is 2.29. The van der Waals surface area contributed by atoms with Gasteiger partial charge >= 0.3 is 35.8 Å². The van der Waals surface area contributed by atoms with Gasteiger partial charge in [0.1, 0.15) is 6.42 Å². The highest BCUT2D eigenvalue weighted by Crippen LogP contribution is 2.57. The van der Waals surface area contributed by atoms with E-state index in [1.807, 2.05) is 0 Å². The van der Waals surface area contributed by atoms with Gasteiger partial charge in [0.05, 0.1) is 11.7 Å². The van der Waals surface area contributed by atoms with Crippen LogP contribution < -0.4 is 0 Å². The second-order valence-corrected chi connectivity index (χ2v) is 7.55. The van der Waals surface area contributed by atoms with Crippen molar-refractivity contribution in [3.05, 3.63) is 0 Å². The van der Waals surface area contributed by atoms with Crippen LogP contribution in [0.4, 0.5) is 57.1 Å². The first kappa shape index (κ1) is 25.1. The van der Waals surface area contributed by atoms with Gasteiger partial charge in [0.2, 0.25) is 0 Å². The molecule has 1 aliphatic heterocycles. The van der Waals surface area contributed by atoms with Crippen molar-refractivity contribution in [2.45, 2.75) is 67.2 Å². The Hall–Kier alpha value is -0.890. The van der Waals surface area contributed by atoms with Crippen molar-refractivity contribution in [3.8, 4) is 0 Å². The highest BCUT2D eigenvalue weighted by atomic mass is 32.2. The van der Waals surface area contributed by atoms with E-state index < -0.39 is 83.1 Å². The van der Waals surface area contributed by atoms with E-state index >= 15 is 0 Å². The summed E-state index contributed by atoms with van der Waals surface area (Å²) in [5.41, 5.74) is 0. The summed E-state index contributed by atoms with van der Waals surface area (Å²) < 4.78 is 171. The van der Waals surface area contributed by atoms with E-state index in [9.17, 15) is 61.9 Å². The zero-order chi connectivity index (χ0) is 22.6. The monoisotopic (exact) mass is 462 g/mol. The molecule has 1 aliphatic rings. The van der Waals surface area contributed by atoms with Crippen LogP contribution in [0.2, 0.25) is 0 Å². The lowest BCUT2D eigenvalue weighted by molar-refractivity contribution is -0.341. The summed E-state index contributed by atoms with van der Waals surface area (Å²) in [5.74, 6) is -32.9. The molecule has 1 rings (SSSR count). The molecule has 1 nitrogen and oxygen atoms in total. The van der Waals surface area contributed by atoms with Crippen LogP contribution in [0.3, 0.4) is 0 Å². The van der Waals surface area contributed by atoms with Gasteiger partial charge in [-0.25, -0.2) is 0 Å². The predicted molar refractivity (Wildman–Crippen MR) is 70.2 cm³/mol. The lowest BCUT2D eigenvalue weighted by atomic mass is 9.91. The fourth-order valence-corrected chi connectivity index (χ4v) is 3.58. The molecule has 0 aromatic carbocycles. The largest absolute Gasteiger partial charge is 0.395 e. The van der Waals surface area contributed by atoms with Crippen molar-refractivity contribution in [2.75, 3.05) is 0 Å². The van der Waals surface area contributed by atoms with Crippen molar-refractivity contribution in [1.29, 1.82) is 0 Å². The molecule has 0 amide bonds. The molecule has 0 aromatic heterocycles. The molecule has 1 heterocycles. The van der Waals surface area contributed by atoms with Gasteiger partial charge in [-0.1, -0.05) is 18.7 Å². The van der Waals surface area contributed by atoms with Crippen molar-refractivity contribution >= 4 is 16.9 Å². The average molecular weight is 462 g/mol. The molecule has 166 valence electrons. The minimum absolute atomic E-state index is 0.432. The molecule has 0 spiro atoms. The van der Waals surface area contributed by atoms with Crippen LogP contribution in [0, 0.1) is 5.92 Å². The number of carbonyl (C=O) groups excluding carboxylic acids is 1. The van der Waals surface area contributed by atoms with Gasteiger partial charge in [0, 0.05) is 5.92 Å². The standard InChI is InChI=1S/C13H11F13OS/c1-5-2-6(28-7(5)27)12(23,24)13(25,26)10(18,19)3-8(14,15)9(16,17)4-11(20,21)22/h5-6H,2-4H2,1H3. The number of hydrogen-bond acceptors (Lipinski definition) is 2. The summed E-state index contributed by atoms with van der Waals surface area (Å²) in [6.07, 6.45) is -14.6. The van der Waals surface area contributed by atoms with E-state index in [4.69, 9.17) is 0 Å². The number of alkyl halides is 13. The third kappa shape index (κ3) is 4.64. The Morgan fingerprint density at radius 2 is 1.21 bits per heavy atom. The molecule has 0 saturated carbocycles. The maximum absolute atomic E-state index is 13.9. The molecule has 28 heavy (non-hydrogen) atoms. The molecule has 2 atom stereocenters. The van der Waals surface area contributed by atoms with E-state index in [0.717, 1.165) is 6.92 Å². The van der Waals surface area contributed by atoms with Crippen LogP contribution in [0.15, 0.2) is 0 Å². The van der Waals surface area contributed by atoms with Gasteiger partial charge in [0.25, 0.3) is 0 Å². The third-order valence-corrected chi connectivity index (χ3v) is 5.32. The maximum Gasteiger partial charge on any atom is 0.395 e. The van der Waals surface area contributed by atoms with Gasteiger partial charge in [-0.15, -0.1) is 0 Å². The number of rotatable bonds is 7. The van der Waals surface area contributed by atoms with Gasteiger partial charge < -0.3 is 0 Å². The van der Waals surface area contributed by atoms with Crippen LogP contribution in [0.1, 0.15) is 26.2 Å². The second-order valence-electron chi connectivity index (χ2n) is 6.34. The van der Waals surface area contributed by atoms with Crippen LogP contribution in [0.5, 0.6) is 0 Å². The second kappa shape index (κ2) is 7.11. The minimum Gasteiger partial charge on any atom is -0.287 e. The van der Waals surface area contributed by atoms with Crippen LogP contribution >= 0.6 is 11.8 Å². The number of halogens is 13.